The Kier molecular flexibility index (Phi) is 5.54. The van der Waals surface area contributed by atoms with E-state index in [-0.39, 0.29) is 12.5 Å². The predicted molar refractivity (Wildman–Crippen MR) is 92.8 cm³/mol. The summed E-state index contributed by atoms with van der Waals surface area (Å²) in [7, 11) is 0. The molecule has 0 amide bonds. The highest BCUT2D eigenvalue weighted by Gasteiger charge is 2.18. The second-order valence-electron chi connectivity index (χ2n) is 6.18. The maximum atomic E-state index is 9.59. The van der Waals surface area contributed by atoms with Gasteiger partial charge in [-0.05, 0) is 30.0 Å². The first-order valence-corrected chi connectivity index (χ1v) is 8.44. The van der Waals surface area contributed by atoms with Gasteiger partial charge in [0.05, 0.1) is 6.20 Å². The Labute approximate surface area is 141 Å². The number of aliphatic hydroxyl groups is 1. The van der Waals surface area contributed by atoms with Gasteiger partial charge in [-0.3, -0.25) is 0 Å². The zero-order chi connectivity index (χ0) is 16.1. The average Bonchev–Trinajstić information content (AvgIpc) is 3.03. The highest BCUT2D eigenvalue weighted by molar-refractivity contribution is 6.30. The first kappa shape index (κ1) is 16.3. The average molecular weight is 335 g/mol. The molecule has 0 aliphatic carbocycles. The number of nitrogens with one attached hydrogen (secondary N) is 2. The molecule has 0 saturated heterocycles. The summed E-state index contributed by atoms with van der Waals surface area (Å²) in [5.41, 5.74) is 1.20. The van der Waals surface area contributed by atoms with Crippen molar-refractivity contribution in [3.8, 4) is 0 Å². The van der Waals surface area contributed by atoms with E-state index in [4.69, 9.17) is 11.6 Å². The molecule has 0 bridgehead atoms. The van der Waals surface area contributed by atoms with Crippen molar-refractivity contribution in [2.45, 2.75) is 13.0 Å². The fraction of sp³-hybridized carbons (Fsp3) is 0.471. The number of aliphatic hydroxyl groups excluding tert-OH is 1. The third kappa shape index (κ3) is 4.47. The normalized spacial score (nSPS) is 18.3. The Morgan fingerprint density at radius 2 is 2.17 bits per heavy atom. The first-order valence-electron chi connectivity index (χ1n) is 8.06. The minimum absolute atomic E-state index is 0.182. The van der Waals surface area contributed by atoms with Gasteiger partial charge < -0.3 is 15.7 Å². The van der Waals surface area contributed by atoms with Crippen LogP contribution in [0.2, 0.25) is 5.02 Å². The van der Waals surface area contributed by atoms with Gasteiger partial charge in [0.1, 0.15) is 5.82 Å². The quantitative estimate of drug-likeness (QED) is 0.725. The smallest absolute Gasteiger partial charge is 0.124 e. The Morgan fingerprint density at radius 1 is 1.35 bits per heavy atom. The van der Waals surface area contributed by atoms with Gasteiger partial charge in [0.2, 0.25) is 0 Å². The van der Waals surface area contributed by atoms with Gasteiger partial charge in [-0.25, -0.2) is 4.68 Å². The maximum Gasteiger partial charge on any atom is 0.124 e. The summed E-state index contributed by atoms with van der Waals surface area (Å²) >= 11 is 5.90. The topological polar surface area (TPSA) is 62.1 Å². The van der Waals surface area contributed by atoms with Crippen molar-refractivity contribution in [3.05, 3.63) is 47.1 Å². The zero-order valence-corrected chi connectivity index (χ0v) is 13.8. The van der Waals surface area contributed by atoms with E-state index < -0.39 is 0 Å². The molecule has 23 heavy (non-hydrogen) atoms. The van der Waals surface area contributed by atoms with Crippen LogP contribution in [0.3, 0.4) is 0 Å². The van der Waals surface area contributed by atoms with E-state index in [1.54, 1.807) is 0 Å². The molecule has 1 aliphatic rings. The fourth-order valence-electron chi connectivity index (χ4n) is 2.97. The Hall–Kier alpha value is -1.56. The third-order valence-corrected chi connectivity index (χ3v) is 4.53. The van der Waals surface area contributed by atoms with Crippen molar-refractivity contribution in [3.63, 3.8) is 0 Å². The summed E-state index contributed by atoms with van der Waals surface area (Å²) in [5.74, 6) is 1.82. The molecule has 0 fully saturated rings. The number of benzene rings is 1. The van der Waals surface area contributed by atoms with Crippen LogP contribution in [0.5, 0.6) is 0 Å². The molecule has 0 radical (unpaired) electrons. The molecule has 1 aromatic carbocycles. The molecular weight excluding hydrogens is 312 g/mol. The minimum Gasteiger partial charge on any atom is -0.396 e. The third-order valence-electron chi connectivity index (χ3n) is 4.28. The molecule has 3 rings (SSSR count). The standard InChI is InChI=1S/C17H23ClN4O/c18-16-3-1-13(2-4-16)7-14(12-23)8-19-9-15-10-20-17-5-6-21-22(17)11-15/h1-6,14-15,19-20,23H,7-12H2/t14-,15+/m0/s1. The Bertz CT molecular complexity index is 613. The van der Waals surface area contributed by atoms with Crippen LogP contribution in [0.1, 0.15) is 5.56 Å². The molecule has 0 spiro atoms. The second kappa shape index (κ2) is 7.81. The molecular formula is C17H23ClN4O. The van der Waals surface area contributed by atoms with E-state index in [2.05, 4.69) is 15.7 Å². The largest absolute Gasteiger partial charge is 0.396 e. The molecule has 5 nitrogen and oxygen atoms in total. The molecule has 2 aromatic rings. The van der Waals surface area contributed by atoms with Gasteiger partial charge >= 0.3 is 0 Å². The number of hydrogen-bond donors (Lipinski definition) is 3. The second-order valence-corrected chi connectivity index (χ2v) is 6.62. The van der Waals surface area contributed by atoms with Crippen LogP contribution in [-0.4, -0.2) is 41.1 Å². The van der Waals surface area contributed by atoms with Crippen LogP contribution in [0.4, 0.5) is 5.82 Å². The highest BCUT2D eigenvalue weighted by Crippen LogP contribution is 2.16. The lowest BCUT2D eigenvalue weighted by Crippen LogP contribution is -2.37. The number of anilines is 1. The van der Waals surface area contributed by atoms with Crippen LogP contribution in [0, 0.1) is 11.8 Å². The van der Waals surface area contributed by atoms with Crippen LogP contribution in [-0.2, 0) is 13.0 Å². The number of rotatable bonds is 7. The fourth-order valence-corrected chi connectivity index (χ4v) is 3.10. The highest BCUT2D eigenvalue weighted by atomic mass is 35.5. The van der Waals surface area contributed by atoms with E-state index in [1.807, 2.05) is 41.2 Å². The molecule has 2 heterocycles. The summed E-state index contributed by atoms with van der Waals surface area (Å²) in [5, 5.41) is 21.5. The van der Waals surface area contributed by atoms with E-state index in [0.29, 0.717) is 5.92 Å². The number of fused-ring (bicyclic) bond motifs is 1. The molecule has 2 atom stereocenters. The lowest BCUT2D eigenvalue weighted by Gasteiger charge is -2.26. The lowest BCUT2D eigenvalue weighted by molar-refractivity contribution is 0.219. The molecule has 1 aromatic heterocycles. The van der Waals surface area contributed by atoms with E-state index in [1.165, 1.54) is 5.56 Å². The van der Waals surface area contributed by atoms with Crippen molar-refractivity contribution in [2.24, 2.45) is 11.8 Å². The molecule has 6 heteroatoms. The molecule has 3 N–H and O–H groups in total. The van der Waals surface area contributed by atoms with Gasteiger partial charge in [-0.1, -0.05) is 23.7 Å². The van der Waals surface area contributed by atoms with Gasteiger partial charge in [-0.15, -0.1) is 0 Å². The number of nitrogens with zero attached hydrogens (tertiary/aromatic N) is 2. The van der Waals surface area contributed by atoms with Gasteiger partial charge in [-0.2, -0.15) is 5.10 Å². The van der Waals surface area contributed by atoms with Crippen molar-refractivity contribution in [1.82, 2.24) is 15.1 Å². The van der Waals surface area contributed by atoms with Crippen molar-refractivity contribution in [1.29, 1.82) is 0 Å². The SMILES string of the molecule is OC[C@H](CNC[C@@H]1CNc2ccnn2C1)Cc1ccc(Cl)cc1. The summed E-state index contributed by atoms with van der Waals surface area (Å²) in [6.45, 7) is 3.80. The van der Waals surface area contributed by atoms with Crippen LogP contribution < -0.4 is 10.6 Å². The van der Waals surface area contributed by atoms with Gasteiger partial charge in [0, 0.05) is 49.8 Å². The molecule has 124 valence electrons. The Balaban J connectivity index is 1.43. The van der Waals surface area contributed by atoms with Gasteiger partial charge in [0.25, 0.3) is 0 Å². The first-order chi connectivity index (χ1) is 11.2. The number of halogens is 1. The maximum absolute atomic E-state index is 9.59. The summed E-state index contributed by atoms with van der Waals surface area (Å²) in [6, 6.07) is 9.84. The molecule has 0 unspecified atom stereocenters. The zero-order valence-electron chi connectivity index (χ0n) is 13.1. The predicted octanol–water partition coefficient (Wildman–Crippen LogP) is 2.02. The van der Waals surface area contributed by atoms with E-state index in [9.17, 15) is 5.11 Å². The van der Waals surface area contributed by atoms with Crippen molar-refractivity contribution in [2.75, 3.05) is 31.6 Å². The minimum atomic E-state index is 0.182. The molecule has 0 saturated carbocycles. The van der Waals surface area contributed by atoms with Crippen LogP contribution in [0.15, 0.2) is 36.5 Å². The van der Waals surface area contributed by atoms with Gasteiger partial charge in [0.15, 0.2) is 0 Å². The van der Waals surface area contributed by atoms with Crippen molar-refractivity contribution < 1.29 is 5.11 Å². The molecule has 1 aliphatic heterocycles. The summed E-state index contributed by atoms with van der Waals surface area (Å²) < 4.78 is 2.01. The lowest BCUT2D eigenvalue weighted by atomic mass is 9.99. The van der Waals surface area contributed by atoms with E-state index >= 15 is 0 Å². The summed E-state index contributed by atoms with van der Waals surface area (Å²) in [6.07, 6.45) is 2.68. The Morgan fingerprint density at radius 3 is 2.96 bits per heavy atom. The van der Waals surface area contributed by atoms with E-state index in [0.717, 1.165) is 43.4 Å². The van der Waals surface area contributed by atoms with Crippen LogP contribution in [0.25, 0.3) is 0 Å². The van der Waals surface area contributed by atoms with Crippen LogP contribution >= 0.6 is 11.6 Å². The number of hydrogen-bond acceptors (Lipinski definition) is 4. The monoisotopic (exact) mass is 334 g/mol. The number of aromatic nitrogens is 2. The summed E-state index contributed by atoms with van der Waals surface area (Å²) in [4.78, 5) is 0. The van der Waals surface area contributed by atoms with Crippen molar-refractivity contribution >= 4 is 17.4 Å².